The van der Waals surface area contributed by atoms with E-state index in [1.165, 1.54) is 0 Å². The third-order valence-electron chi connectivity index (χ3n) is 6.42. The van der Waals surface area contributed by atoms with Crippen LogP contribution in [0.4, 0.5) is 0 Å². The number of hydrogen-bond donors (Lipinski definition) is 2. The summed E-state index contributed by atoms with van der Waals surface area (Å²) < 4.78 is 1.76. The van der Waals surface area contributed by atoms with Gasteiger partial charge < -0.3 is 10.5 Å². The van der Waals surface area contributed by atoms with Gasteiger partial charge in [0, 0.05) is 43.0 Å². The molecule has 2 aromatic rings. The number of carbonyl (C=O) groups is 1. The van der Waals surface area contributed by atoms with Crippen LogP contribution in [0.15, 0.2) is 29.4 Å². The number of amides is 1. The van der Waals surface area contributed by atoms with Gasteiger partial charge in [0.25, 0.3) is 5.91 Å². The van der Waals surface area contributed by atoms with Gasteiger partial charge in [-0.25, -0.2) is 0 Å². The van der Waals surface area contributed by atoms with Gasteiger partial charge in [-0.1, -0.05) is 23.4 Å². The predicted octanol–water partition coefficient (Wildman–Crippen LogP) is 1.76. The molecule has 4 aliphatic rings. The second-order valence-electron chi connectivity index (χ2n) is 7.87. The lowest BCUT2D eigenvalue weighted by Crippen LogP contribution is -2.64. The smallest absolute Gasteiger partial charge is 0.272 e. The quantitative estimate of drug-likeness (QED) is 0.637. The zero-order chi connectivity index (χ0) is 17.8. The number of hydrogen-bond acceptors (Lipinski definition) is 5. The van der Waals surface area contributed by atoms with E-state index in [1.807, 2.05) is 31.3 Å². The van der Waals surface area contributed by atoms with Crippen molar-refractivity contribution in [3.8, 4) is 0 Å². The molecule has 7 heteroatoms. The minimum atomic E-state index is -0.0791. The van der Waals surface area contributed by atoms with Crippen molar-refractivity contribution in [3.63, 3.8) is 0 Å². The van der Waals surface area contributed by atoms with Gasteiger partial charge >= 0.3 is 0 Å². The third-order valence-corrected chi connectivity index (χ3v) is 6.42. The van der Waals surface area contributed by atoms with Gasteiger partial charge in [-0.05, 0) is 31.7 Å². The second-order valence-corrected chi connectivity index (χ2v) is 7.87. The fraction of sp³-hybridized carbons (Fsp3) is 0.526. The average molecular weight is 353 g/mol. The predicted molar refractivity (Wildman–Crippen MR) is 97.4 cm³/mol. The van der Waals surface area contributed by atoms with E-state index in [0.717, 1.165) is 48.8 Å². The molecule has 2 unspecified atom stereocenters. The van der Waals surface area contributed by atoms with E-state index >= 15 is 0 Å². The lowest BCUT2D eigenvalue weighted by Gasteiger charge is -2.55. The largest absolute Gasteiger partial charge is 0.411 e. The summed E-state index contributed by atoms with van der Waals surface area (Å²) in [5.41, 5.74) is 2.41. The highest BCUT2D eigenvalue weighted by atomic mass is 16.4. The fourth-order valence-electron chi connectivity index (χ4n) is 5.25. The van der Waals surface area contributed by atoms with Gasteiger partial charge in [0.2, 0.25) is 0 Å². The Morgan fingerprint density at radius 3 is 2.65 bits per heavy atom. The van der Waals surface area contributed by atoms with Crippen molar-refractivity contribution in [2.24, 2.45) is 18.1 Å². The molecule has 6 rings (SSSR count). The molecule has 4 aliphatic heterocycles. The van der Waals surface area contributed by atoms with E-state index in [1.54, 1.807) is 4.68 Å². The van der Waals surface area contributed by atoms with Gasteiger partial charge in [-0.15, -0.1) is 0 Å². The Labute approximate surface area is 151 Å². The number of para-hydroxylation sites is 1. The molecule has 4 bridgehead atoms. The topological polar surface area (TPSA) is 82.8 Å². The number of benzene rings is 1. The van der Waals surface area contributed by atoms with Gasteiger partial charge in [0.1, 0.15) is 0 Å². The molecule has 1 aromatic heterocycles. The molecule has 4 saturated heterocycles. The summed E-state index contributed by atoms with van der Waals surface area (Å²) in [6, 6.07) is 8.97. The molecule has 2 atom stereocenters. The highest BCUT2D eigenvalue weighted by Crippen LogP contribution is 2.41. The number of nitrogens with one attached hydrogen (secondary N) is 1. The Hall–Kier alpha value is -2.41. The molecule has 2 N–H and O–H groups in total. The SMILES string of the molecule is Cn1nc(C(=O)NC2CC3CC4CC(C2)N3CC4=NO)c2ccccc21. The molecule has 0 aliphatic carbocycles. The third kappa shape index (κ3) is 2.34. The van der Waals surface area contributed by atoms with Crippen molar-refractivity contribution < 1.29 is 10.0 Å². The molecule has 0 saturated carbocycles. The fourth-order valence-corrected chi connectivity index (χ4v) is 5.25. The van der Waals surface area contributed by atoms with Crippen LogP contribution in [0.5, 0.6) is 0 Å². The molecule has 4 fully saturated rings. The van der Waals surface area contributed by atoms with Crippen LogP contribution in [0.25, 0.3) is 10.9 Å². The maximum Gasteiger partial charge on any atom is 0.272 e. The monoisotopic (exact) mass is 353 g/mol. The number of rotatable bonds is 2. The van der Waals surface area contributed by atoms with E-state index in [0.29, 0.717) is 23.7 Å². The van der Waals surface area contributed by atoms with Crippen LogP contribution in [-0.4, -0.2) is 56.2 Å². The van der Waals surface area contributed by atoms with Crippen LogP contribution in [0, 0.1) is 5.92 Å². The van der Waals surface area contributed by atoms with Crippen molar-refractivity contribution in [2.45, 2.75) is 43.8 Å². The van der Waals surface area contributed by atoms with Crippen LogP contribution in [0.3, 0.4) is 0 Å². The molecular formula is C19H23N5O2. The summed E-state index contributed by atoms with van der Waals surface area (Å²) in [6.07, 6.45) is 3.99. The van der Waals surface area contributed by atoms with Crippen LogP contribution in [0.1, 0.15) is 36.2 Å². The van der Waals surface area contributed by atoms with E-state index in [9.17, 15) is 4.79 Å². The second kappa shape index (κ2) is 5.81. The molecule has 1 amide bonds. The van der Waals surface area contributed by atoms with Gasteiger partial charge in [-0.2, -0.15) is 5.10 Å². The number of aryl methyl sites for hydroxylation is 1. The van der Waals surface area contributed by atoms with Gasteiger partial charge in [0.05, 0.1) is 11.2 Å². The Kier molecular flexibility index (Phi) is 3.53. The first-order chi connectivity index (χ1) is 12.6. The van der Waals surface area contributed by atoms with Gasteiger partial charge in [0.15, 0.2) is 5.69 Å². The van der Waals surface area contributed by atoms with E-state index in [4.69, 9.17) is 5.21 Å². The average Bonchev–Trinajstić information content (AvgIpc) is 2.98. The number of carbonyl (C=O) groups excluding carboxylic acids is 1. The van der Waals surface area contributed by atoms with Crippen molar-refractivity contribution in [1.29, 1.82) is 0 Å². The molecule has 5 heterocycles. The highest BCUT2D eigenvalue weighted by Gasteiger charge is 2.48. The number of nitrogens with zero attached hydrogens (tertiary/aromatic N) is 4. The summed E-state index contributed by atoms with van der Waals surface area (Å²) in [7, 11) is 1.87. The summed E-state index contributed by atoms with van der Waals surface area (Å²) in [5.74, 6) is 0.334. The molecule has 136 valence electrons. The molecule has 0 radical (unpaired) electrons. The van der Waals surface area contributed by atoms with Crippen LogP contribution in [0.2, 0.25) is 0 Å². The molecule has 26 heavy (non-hydrogen) atoms. The Balaban J connectivity index is 1.33. The van der Waals surface area contributed by atoms with Gasteiger partial charge in [-0.3, -0.25) is 14.4 Å². The summed E-state index contributed by atoms with van der Waals surface area (Å²) in [5, 5.41) is 21.2. The van der Waals surface area contributed by atoms with Crippen LogP contribution < -0.4 is 5.32 Å². The Morgan fingerprint density at radius 2 is 1.96 bits per heavy atom. The number of oxime groups is 1. The summed E-state index contributed by atoms with van der Waals surface area (Å²) in [4.78, 5) is 15.3. The first kappa shape index (κ1) is 15.8. The Morgan fingerprint density at radius 1 is 1.23 bits per heavy atom. The van der Waals surface area contributed by atoms with E-state index in [2.05, 4.69) is 20.5 Å². The minimum Gasteiger partial charge on any atom is -0.411 e. The lowest BCUT2D eigenvalue weighted by molar-refractivity contribution is 0.00448. The normalized spacial score (nSPS) is 34.3. The van der Waals surface area contributed by atoms with Crippen molar-refractivity contribution in [2.75, 3.05) is 6.54 Å². The molecule has 7 nitrogen and oxygen atoms in total. The lowest BCUT2D eigenvalue weighted by atomic mass is 9.71. The molecule has 0 spiro atoms. The first-order valence-corrected chi connectivity index (χ1v) is 9.33. The highest BCUT2D eigenvalue weighted by molar-refractivity contribution is 6.05. The standard InChI is InChI=1S/C19H23N5O2/c1-23-17-5-3-2-4-15(17)18(21-23)19(25)20-12-8-13-6-11-7-14(9-12)24(13)10-16(11)22-26/h2-5,11-14,26H,6-10H2,1H3,(H,20,25). The van der Waals surface area contributed by atoms with Crippen molar-refractivity contribution in [3.05, 3.63) is 30.0 Å². The zero-order valence-electron chi connectivity index (χ0n) is 14.8. The number of aromatic nitrogens is 2. The number of piperidine rings is 4. The maximum atomic E-state index is 12.9. The molecule has 1 aromatic carbocycles. The van der Waals surface area contributed by atoms with E-state index < -0.39 is 0 Å². The number of fused-ring (bicyclic) bond motifs is 2. The van der Waals surface area contributed by atoms with Crippen LogP contribution >= 0.6 is 0 Å². The van der Waals surface area contributed by atoms with E-state index in [-0.39, 0.29) is 11.9 Å². The first-order valence-electron chi connectivity index (χ1n) is 9.33. The minimum absolute atomic E-state index is 0.0791. The van der Waals surface area contributed by atoms with Crippen molar-refractivity contribution >= 4 is 22.5 Å². The maximum absolute atomic E-state index is 12.9. The van der Waals surface area contributed by atoms with Crippen molar-refractivity contribution in [1.82, 2.24) is 20.0 Å². The summed E-state index contributed by atoms with van der Waals surface area (Å²) in [6.45, 7) is 0.780. The zero-order valence-corrected chi connectivity index (χ0v) is 14.8. The van der Waals surface area contributed by atoms with Crippen LogP contribution in [-0.2, 0) is 7.05 Å². The molecular weight excluding hydrogens is 330 g/mol. The summed E-state index contributed by atoms with van der Waals surface area (Å²) >= 11 is 0. The Bertz CT molecular complexity index is 888.